The molecular formula is C17H18N2O2S. The molecular weight excluding hydrogens is 296 g/mol. The summed E-state index contributed by atoms with van der Waals surface area (Å²) >= 11 is 0. The van der Waals surface area contributed by atoms with Crippen LogP contribution in [0.5, 0.6) is 0 Å². The fourth-order valence-corrected chi connectivity index (χ4v) is 2.74. The first-order chi connectivity index (χ1) is 10.5. The molecule has 2 rings (SSSR count). The number of rotatable bonds is 5. The highest BCUT2D eigenvalue weighted by Crippen LogP contribution is 2.14. The van der Waals surface area contributed by atoms with E-state index in [1.54, 1.807) is 30.3 Å². The first-order valence-electron chi connectivity index (χ1n) is 6.81. The number of hydrogen-bond acceptors (Lipinski definition) is 3. The molecule has 0 aromatic heterocycles. The van der Waals surface area contributed by atoms with E-state index in [4.69, 9.17) is 0 Å². The highest BCUT2D eigenvalue weighted by molar-refractivity contribution is 7.89. The molecule has 0 amide bonds. The van der Waals surface area contributed by atoms with Gasteiger partial charge in [0, 0.05) is 13.3 Å². The molecule has 0 heterocycles. The van der Waals surface area contributed by atoms with Crippen LogP contribution in [-0.4, -0.2) is 26.1 Å². The van der Waals surface area contributed by atoms with Gasteiger partial charge in [0.1, 0.15) is 0 Å². The van der Waals surface area contributed by atoms with Gasteiger partial charge >= 0.3 is 0 Å². The Bertz CT molecular complexity index is 764. The van der Waals surface area contributed by atoms with E-state index in [0.717, 1.165) is 15.5 Å². The molecule has 0 spiro atoms. The normalized spacial score (nSPS) is 12.1. The number of hydrogen-bond donors (Lipinski definition) is 0. The van der Waals surface area contributed by atoms with Crippen LogP contribution in [0, 0.1) is 6.92 Å². The molecule has 0 atom stereocenters. The van der Waals surface area contributed by atoms with Crippen molar-refractivity contribution in [2.24, 2.45) is 5.10 Å². The third-order valence-corrected chi connectivity index (χ3v) is 4.73. The number of sulfonamides is 1. The molecule has 0 aliphatic heterocycles. The summed E-state index contributed by atoms with van der Waals surface area (Å²) in [6, 6.07) is 16.4. The largest absolute Gasteiger partial charge is 0.278 e. The summed E-state index contributed by atoms with van der Waals surface area (Å²) in [4.78, 5) is 0.227. The van der Waals surface area contributed by atoms with Crippen molar-refractivity contribution in [2.75, 3.05) is 7.05 Å². The van der Waals surface area contributed by atoms with E-state index in [9.17, 15) is 8.42 Å². The highest BCUT2D eigenvalue weighted by Gasteiger charge is 2.18. The fourth-order valence-electron chi connectivity index (χ4n) is 1.78. The Morgan fingerprint density at radius 3 is 2.27 bits per heavy atom. The third-order valence-electron chi connectivity index (χ3n) is 3.07. The Hall–Kier alpha value is -2.40. The lowest BCUT2D eigenvalue weighted by Crippen LogP contribution is -2.21. The van der Waals surface area contributed by atoms with Crippen molar-refractivity contribution in [3.05, 3.63) is 71.8 Å². The van der Waals surface area contributed by atoms with Gasteiger partial charge in [-0.3, -0.25) is 0 Å². The second-order valence-electron chi connectivity index (χ2n) is 4.79. The van der Waals surface area contributed by atoms with Crippen molar-refractivity contribution < 1.29 is 8.42 Å². The van der Waals surface area contributed by atoms with Gasteiger partial charge in [-0.15, -0.1) is 0 Å². The number of nitrogens with zero attached hydrogens (tertiary/aromatic N) is 2. The van der Waals surface area contributed by atoms with Crippen molar-refractivity contribution in [1.82, 2.24) is 4.41 Å². The minimum absolute atomic E-state index is 0.227. The van der Waals surface area contributed by atoms with Gasteiger partial charge in [-0.1, -0.05) is 54.1 Å². The van der Waals surface area contributed by atoms with Crippen molar-refractivity contribution >= 4 is 22.3 Å². The quantitative estimate of drug-likeness (QED) is 0.628. The van der Waals surface area contributed by atoms with Crippen LogP contribution in [0.1, 0.15) is 11.1 Å². The van der Waals surface area contributed by atoms with Crippen LogP contribution in [0.4, 0.5) is 0 Å². The minimum Gasteiger partial charge on any atom is -0.200 e. The summed E-state index contributed by atoms with van der Waals surface area (Å²) in [6.45, 7) is 1.91. The molecule has 2 aromatic carbocycles. The summed E-state index contributed by atoms with van der Waals surface area (Å²) in [5, 5.41) is 3.94. The molecule has 0 aliphatic rings. The Labute approximate surface area is 131 Å². The van der Waals surface area contributed by atoms with E-state index in [0.29, 0.717) is 0 Å². The smallest absolute Gasteiger partial charge is 0.200 e. The van der Waals surface area contributed by atoms with Crippen LogP contribution in [0.15, 0.2) is 70.7 Å². The van der Waals surface area contributed by atoms with Gasteiger partial charge in [-0.25, -0.2) is 0 Å². The molecule has 0 N–H and O–H groups in total. The molecule has 5 heteroatoms. The predicted molar refractivity (Wildman–Crippen MR) is 90.1 cm³/mol. The van der Waals surface area contributed by atoms with Gasteiger partial charge in [-0.05, 0) is 30.7 Å². The molecule has 0 unspecified atom stereocenters. The zero-order chi connectivity index (χ0) is 16.0. The van der Waals surface area contributed by atoms with E-state index < -0.39 is 10.0 Å². The summed E-state index contributed by atoms with van der Waals surface area (Å²) in [7, 11) is -2.18. The standard InChI is InChI=1S/C17H18N2O2S/c1-15-10-12-17(13-11-15)22(20,21)19(2)18-14-6-9-16-7-4-3-5-8-16/h3-14H,1-2H3. The highest BCUT2D eigenvalue weighted by atomic mass is 32.2. The average molecular weight is 314 g/mol. The van der Waals surface area contributed by atoms with Crippen LogP contribution in [-0.2, 0) is 10.0 Å². The lowest BCUT2D eigenvalue weighted by Gasteiger charge is -2.13. The van der Waals surface area contributed by atoms with Gasteiger partial charge in [-0.2, -0.15) is 17.9 Å². The second-order valence-corrected chi connectivity index (χ2v) is 6.74. The maximum atomic E-state index is 12.3. The fraction of sp³-hybridized carbons (Fsp3) is 0.118. The Morgan fingerprint density at radius 2 is 1.64 bits per heavy atom. The molecule has 0 bridgehead atoms. The summed E-state index contributed by atoms with van der Waals surface area (Å²) in [5.41, 5.74) is 2.04. The van der Waals surface area contributed by atoms with E-state index in [1.165, 1.54) is 13.3 Å². The summed E-state index contributed by atoms with van der Waals surface area (Å²) < 4.78 is 25.6. The van der Waals surface area contributed by atoms with Crippen molar-refractivity contribution in [3.8, 4) is 0 Å². The zero-order valence-corrected chi connectivity index (χ0v) is 13.4. The molecule has 0 aliphatic carbocycles. The van der Waals surface area contributed by atoms with Gasteiger partial charge in [0.25, 0.3) is 10.0 Å². The SMILES string of the molecule is Cc1ccc(S(=O)(=O)N(C)N=CC=Cc2ccccc2)cc1. The monoisotopic (exact) mass is 314 g/mol. The van der Waals surface area contributed by atoms with Gasteiger partial charge in [0.15, 0.2) is 0 Å². The second kappa shape index (κ2) is 7.04. The molecule has 0 saturated carbocycles. The molecule has 0 radical (unpaired) electrons. The van der Waals surface area contributed by atoms with Crippen molar-refractivity contribution in [2.45, 2.75) is 11.8 Å². The van der Waals surface area contributed by atoms with Crippen LogP contribution >= 0.6 is 0 Å². The average Bonchev–Trinajstić information content (AvgIpc) is 2.52. The summed E-state index contributed by atoms with van der Waals surface area (Å²) in [5.74, 6) is 0. The molecule has 0 saturated heterocycles. The van der Waals surface area contributed by atoms with Crippen molar-refractivity contribution in [3.63, 3.8) is 0 Å². The Kier molecular flexibility index (Phi) is 5.12. The first-order valence-corrected chi connectivity index (χ1v) is 8.25. The molecule has 114 valence electrons. The number of allylic oxidation sites excluding steroid dienone is 1. The predicted octanol–water partition coefficient (Wildman–Crippen LogP) is 3.31. The van der Waals surface area contributed by atoms with Crippen LogP contribution in [0.3, 0.4) is 0 Å². The molecule has 4 nitrogen and oxygen atoms in total. The van der Waals surface area contributed by atoms with Crippen molar-refractivity contribution in [1.29, 1.82) is 0 Å². The molecule has 22 heavy (non-hydrogen) atoms. The molecule has 0 fully saturated rings. The first kappa shape index (κ1) is 16.0. The number of hydrazone groups is 1. The Morgan fingerprint density at radius 1 is 1.00 bits per heavy atom. The van der Waals surface area contributed by atoms with E-state index >= 15 is 0 Å². The van der Waals surface area contributed by atoms with E-state index in [2.05, 4.69) is 5.10 Å². The van der Waals surface area contributed by atoms with E-state index in [1.807, 2.05) is 43.3 Å². The summed E-state index contributed by atoms with van der Waals surface area (Å²) in [6.07, 6.45) is 5.02. The van der Waals surface area contributed by atoms with Crippen LogP contribution in [0.2, 0.25) is 0 Å². The molecule has 2 aromatic rings. The number of aryl methyl sites for hydroxylation is 1. The lowest BCUT2D eigenvalue weighted by atomic mass is 10.2. The Balaban J connectivity index is 2.07. The minimum atomic E-state index is -3.60. The maximum absolute atomic E-state index is 12.3. The topological polar surface area (TPSA) is 49.7 Å². The van der Waals surface area contributed by atoms with Gasteiger partial charge < -0.3 is 0 Å². The third kappa shape index (κ3) is 4.05. The van der Waals surface area contributed by atoms with Gasteiger partial charge in [0.2, 0.25) is 0 Å². The zero-order valence-electron chi connectivity index (χ0n) is 12.5. The van der Waals surface area contributed by atoms with Crippen LogP contribution in [0.25, 0.3) is 6.08 Å². The van der Waals surface area contributed by atoms with Crippen LogP contribution < -0.4 is 0 Å². The lowest BCUT2D eigenvalue weighted by molar-refractivity contribution is 0.491. The maximum Gasteiger partial charge on any atom is 0.278 e. The van der Waals surface area contributed by atoms with E-state index in [-0.39, 0.29) is 4.90 Å². The van der Waals surface area contributed by atoms with Gasteiger partial charge in [0.05, 0.1) is 4.90 Å². The number of benzene rings is 2.